The summed E-state index contributed by atoms with van der Waals surface area (Å²) < 4.78 is 4.41. The highest BCUT2D eigenvalue weighted by Crippen LogP contribution is 2.35. The van der Waals surface area contributed by atoms with E-state index in [1.54, 1.807) is 0 Å². The molecule has 0 N–H and O–H groups in total. The van der Waals surface area contributed by atoms with Crippen molar-refractivity contribution < 1.29 is 0 Å². The molecule has 2 aromatic heterocycles. The van der Waals surface area contributed by atoms with Crippen LogP contribution in [0.25, 0.3) is 38.8 Å². The lowest BCUT2D eigenvalue weighted by Crippen LogP contribution is -1.94. The Hall–Kier alpha value is -2.43. The molecule has 2 heterocycles. The number of benzene rings is 3. The van der Waals surface area contributed by atoms with E-state index in [0.717, 1.165) is 31.2 Å². The molecule has 0 bridgehead atoms. The quantitative estimate of drug-likeness (QED) is 0.259. The zero-order valence-corrected chi connectivity index (χ0v) is 17.4. The number of nitrogens with zero attached hydrogens (tertiary/aromatic N) is 2. The molecule has 5 aromatic rings. The molecule has 5 rings (SSSR count). The Morgan fingerprint density at radius 1 is 0.741 bits per heavy atom. The van der Waals surface area contributed by atoms with Gasteiger partial charge in [0.1, 0.15) is 0 Å². The summed E-state index contributed by atoms with van der Waals surface area (Å²) in [6.45, 7) is 0. The van der Waals surface area contributed by atoms with Gasteiger partial charge in [-0.3, -0.25) is 4.98 Å². The van der Waals surface area contributed by atoms with Crippen LogP contribution < -0.4 is 0 Å². The van der Waals surface area contributed by atoms with E-state index in [-0.39, 0.29) is 0 Å². The molecule has 0 radical (unpaired) electrons. The Balaban J connectivity index is 1.75. The SMILES string of the molecule is Brc1cccc(-c2ccc(-n3c4ccccc4c4ncccc43)cc2Br)c1. The Morgan fingerprint density at radius 2 is 1.59 bits per heavy atom. The standard InChI is InChI=1S/C23H14Br2N2/c24-16-6-3-5-15(13-16)18-11-10-17(14-20(18)25)27-21-8-2-1-7-19(21)23-22(27)9-4-12-26-23/h1-14H. The van der Waals surface area contributed by atoms with Gasteiger partial charge in [-0.1, -0.05) is 68.3 Å². The summed E-state index contributed by atoms with van der Waals surface area (Å²) in [5.74, 6) is 0. The van der Waals surface area contributed by atoms with Crippen molar-refractivity contribution in [3.63, 3.8) is 0 Å². The topological polar surface area (TPSA) is 17.8 Å². The molecule has 3 aromatic carbocycles. The molecule has 0 aliphatic heterocycles. The number of aromatic nitrogens is 2. The van der Waals surface area contributed by atoms with E-state index in [4.69, 9.17) is 0 Å². The normalized spacial score (nSPS) is 11.3. The van der Waals surface area contributed by atoms with Gasteiger partial charge < -0.3 is 4.57 Å². The first-order valence-electron chi connectivity index (χ1n) is 8.62. The van der Waals surface area contributed by atoms with Crippen LogP contribution in [-0.4, -0.2) is 9.55 Å². The monoisotopic (exact) mass is 476 g/mol. The van der Waals surface area contributed by atoms with E-state index in [1.165, 1.54) is 16.5 Å². The summed E-state index contributed by atoms with van der Waals surface area (Å²) in [5, 5.41) is 1.17. The summed E-state index contributed by atoms with van der Waals surface area (Å²) in [6.07, 6.45) is 1.85. The van der Waals surface area contributed by atoms with Gasteiger partial charge in [-0.25, -0.2) is 0 Å². The van der Waals surface area contributed by atoms with Crippen LogP contribution in [0.15, 0.2) is 94.0 Å². The van der Waals surface area contributed by atoms with Crippen LogP contribution in [-0.2, 0) is 0 Å². The highest BCUT2D eigenvalue weighted by molar-refractivity contribution is 9.10. The zero-order valence-electron chi connectivity index (χ0n) is 14.2. The van der Waals surface area contributed by atoms with Gasteiger partial charge in [0.25, 0.3) is 0 Å². The Bertz CT molecular complexity index is 1250. The van der Waals surface area contributed by atoms with Gasteiger partial charge in [0.05, 0.1) is 16.6 Å². The second kappa shape index (κ2) is 6.63. The van der Waals surface area contributed by atoms with Crippen molar-refractivity contribution in [1.29, 1.82) is 0 Å². The maximum atomic E-state index is 4.62. The van der Waals surface area contributed by atoms with Crippen LogP contribution in [0.3, 0.4) is 0 Å². The maximum absolute atomic E-state index is 4.62. The molecule has 0 saturated carbocycles. The first-order valence-corrected chi connectivity index (χ1v) is 10.2. The molecule has 0 aliphatic rings. The van der Waals surface area contributed by atoms with Gasteiger partial charge in [0.2, 0.25) is 0 Å². The van der Waals surface area contributed by atoms with Crippen molar-refractivity contribution in [3.05, 3.63) is 94.0 Å². The summed E-state index contributed by atoms with van der Waals surface area (Å²) in [6, 6.07) is 27.4. The van der Waals surface area contributed by atoms with Crippen LogP contribution in [0.4, 0.5) is 0 Å². The van der Waals surface area contributed by atoms with E-state index >= 15 is 0 Å². The lowest BCUT2D eigenvalue weighted by atomic mass is 10.1. The average molecular weight is 478 g/mol. The highest BCUT2D eigenvalue weighted by Gasteiger charge is 2.13. The first kappa shape index (κ1) is 16.7. The average Bonchev–Trinajstić information content (AvgIpc) is 3.02. The van der Waals surface area contributed by atoms with Crippen molar-refractivity contribution in [2.45, 2.75) is 0 Å². The molecule has 4 heteroatoms. The van der Waals surface area contributed by atoms with Crippen molar-refractivity contribution in [3.8, 4) is 16.8 Å². The molecule has 27 heavy (non-hydrogen) atoms. The summed E-state index contributed by atoms with van der Waals surface area (Å²) >= 11 is 7.34. The molecule has 0 spiro atoms. The molecule has 0 atom stereocenters. The third-order valence-electron chi connectivity index (χ3n) is 4.77. The fraction of sp³-hybridized carbons (Fsp3) is 0. The molecule has 0 aliphatic carbocycles. The van der Waals surface area contributed by atoms with E-state index in [1.807, 2.05) is 18.3 Å². The molecule has 0 amide bonds. The lowest BCUT2D eigenvalue weighted by molar-refractivity contribution is 1.17. The number of halogens is 2. The summed E-state index contributed by atoms with van der Waals surface area (Å²) in [7, 11) is 0. The van der Waals surface area contributed by atoms with Crippen LogP contribution in [0, 0.1) is 0 Å². The Morgan fingerprint density at radius 3 is 2.44 bits per heavy atom. The lowest BCUT2D eigenvalue weighted by Gasteiger charge is -2.11. The van der Waals surface area contributed by atoms with Crippen molar-refractivity contribution in [2.24, 2.45) is 0 Å². The molecule has 2 nitrogen and oxygen atoms in total. The van der Waals surface area contributed by atoms with Crippen LogP contribution in [0.5, 0.6) is 0 Å². The second-order valence-corrected chi connectivity index (χ2v) is 8.17. The highest BCUT2D eigenvalue weighted by atomic mass is 79.9. The molecule has 0 fully saturated rings. The minimum absolute atomic E-state index is 1.03. The Labute approximate surface area is 173 Å². The number of rotatable bonds is 2. The van der Waals surface area contributed by atoms with Crippen molar-refractivity contribution >= 4 is 53.8 Å². The zero-order chi connectivity index (χ0) is 18.4. The summed E-state index contributed by atoms with van der Waals surface area (Å²) in [4.78, 5) is 4.62. The number of fused-ring (bicyclic) bond motifs is 3. The van der Waals surface area contributed by atoms with E-state index < -0.39 is 0 Å². The minimum Gasteiger partial charge on any atom is -0.308 e. The Kier molecular flexibility index (Phi) is 4.10. The van der Waals surface area contributed by atoms with Gasteiger partial charge in [-0.2, -0.15) is 0 Å². The van der Waals surface area contributed by atoms with Gasteiger partial charge in [-0.15, -0.1) is 0 Å². The van der Waals surface area contributed by atoms with Gasteiger partial charge in [-0.05, 0) is 53.6 Å². The number of hydrogen-bond acceptors (Lipinski definition) is 1. The minimum atomic E-state index is 1.03. The molecule has 130 valence electrons. The molecular weight excluding hydrogens is 464 g/mol. The predicted octanol–water partition coefficient (Wildman–Crippen LogP) is 7.37. The van der Waals surface area contributed by atoms with Crippen LogP contribution in [0.2, 0.25) is 0 Å². The first-order chi connectivity index (χ1) is 13.2. The maximum Gasteiger partial charge on any atom is 0.0963 e. The van der Waals surface area contributed by atoms with E-state index in [9.17, 15) is 0 Å². The fourth-order valence-corrected chi connectivity index (χ4v) is 4.59. The second-order valence-electron chi connectivity index (χ2n) is 6.40. The van der Waals surface area contributed by atoms with Crippen molar-refractivity contribution in [1.82, 2.24) is 9.55 Å². The van der Waals surface area contributed by atoms with Gasteiger partial charge >= 0.3 is 0 Å². The third kappa shape index (κ3) is 2.80. The smallest absolute Gasteiger partial charge is 0.0963 e. The van der Waals surface area contributed by atoms with E-state index in [2.05, 4.69) is 108 Å². The van der Waals surface area contributed by atoms with Crippen molar-refractivity contribution in [2.75, 3.05) is 0 Å². The van der Waals surface area contributed by atoms with Crippen LogP contribution >= 0.6 is 31.9 Å². The molecule has 0 saturated heterocycles. The predicted molar refractivity (Wildman–Crippen MR) is 119 cm³/mol. The van der Waals surface area contributed by atoms with Gasteiger partial charge in [0.15, 0.2) is 0 Å². The number of pyridine rings is 1. The number of hydrogen-bond donors (Lipinski definition) is 0. The third-order valence-corrected chi connectivity index (χ3v) is 5.92. The molecule has 0 unspecified atom stereocenters. The van der Waals surface area contributed by atoms with Gasteiger partial charge in [0, 0.05) is 26.2 Å². The number of para-hydroxylation sites is 1. The molecular formula is C23H14Br2N2. The van der Waals surface area contributed by atoms with E-state index in [0.29, 0.717) is 0 Å². The largest absolute Gasteiger partial charge is 0.308 e. The fourth-order valence-electron chi connectivity index (χ4n) is 3.59. The van der Waals surface area contributed by atoms with Crippen LogP contribution in [0.1, 0.15) is 0 Å². The summed E-state index contributed by atoms with van der Waals surface area (Å²) in [5.41, 5.74) is 6.75.